The number of hydrogen-bond donors (Lipinski definition) is 0. The summed E-state index contributed by atoms with van der Waals surface area (Å²) in [4.78, 5) is 38.0. The number of esters is 2. The molecule has 0 radical (unpaired) electrons. The molecule has 0 saturated carbocycles. The van der Waals surface area contributed by atoms with Gasteiger partial charge in [0.1, 0.15) is 19.8 Å². The van der Waals surface area contributed by atoms with Gasteiger partial charge in [-0.3, -0.25) is 14.2 Å². The summed E-state index contributed by atoms with van der Waals surface area (Å²) in [7, 11) is 1.16. The Labute approximate surface area is 500 Å². The average molecular weight is 1150 g/mol. The van der Waals surface area contributed by atoms with E-state index in [1.54, 1.807) is 0 Å². The highest BCUT2D eigenvalue weighted by molar-refractivity contribution is 7.45. The molecule has 0 aliphatic carbocycles. The minimum Gasteiger partial charge on any atom is -0.756 e. The van der Waals surface area contributed by atoms with Crippen LogP contribution in [0.4, 0.5) is 0 Å². The smallest absolute Gasteiger partial charge is 0.306 e. The monoisotopic (exact) mass is 1150 g/mol. The number of phosphoric acid groups is 1. The summed E-state index contributed by atoms with van der Waals surface area (Å²) in [5.41, 5.74) is 0. The number of rotatable bonds is 61. The SMILES string of the molecule is CC/C=C\C/C=C\C/C=C\C/C=C\C/C=C\C/C=C\C/C=C\C/C=C\CCCCCCCCCCCCC(=O)OC(COC(=O)CCCCCCCCCCCCCCCCCCCCCCCC)COP(=O)([O-])OCC[N+](C)(C)C. The number of quaternary nitrogens is 1. The first kappa shape index (κ1) is 77.9. The normalized spacial score (nSPS) is 13.8. The van der Waals surface area contributed by atoms with Gasteiger partial charge in [-0.05, 0) is 77.0 Å². The van der Waals surface area contributed by atoms with Crippen molar-refractivity contribution in [2.75, 3.05) is 47.5 Å². The molecule has 0 amide bonds. The van der Waals surface area contributed by atoms with Crippen LogP contribution < -0.4 is 4.89 Å². The molecule has 0 aromatic rings. The van der Waals surface area contributed by atoms with Crippen LogP contribution in [0.3, 0.4) is 0 Å². The Balaban J connectivity index is 4.10. The van der Waals surface area contributed by atoms with E-state index in [0.717, 1.165) is 96.3 Å². The zero-order chi connectivity index (χ0) is 59.1. The number of carbonyl (C=O) groups is 2. The van der Waals surface area contributed by atoms with Crippen LogP contribution in [-0.2, 0) is 32.7 Å². The van der Waals surface area contributed by atoms with Gasteiger partial charge >= 0.3 is 11.9 Å². The standard InChI is InChI=1S/C71H126NO8P/c1-6-8-10-12-14-16-18-20-22-24-26-28-30-31-32-33-34-35-36-37-38-39-40-41-42-44-46-48-50-52-54-56-58-60-62-64-71(74)80-69(68-79-81(75,76)78-66-65-72(3,4)5)67-77-70(73)63-61-59-57-55-53-51-49-47-45-43-29-27-25-23-21-19-17-15-13-11-9-7-2/h8,10,14,16,20,22,26,28,31-32,34-35,37-38,40-41,69H,6-7,9,11-13,15,17-19,21,23-25,27,29-30,33,36,39,42-68H2,1-5H3/b10-8-,16-14-,22-20-,28-26-,32-31-,35-34-,38-37-,41-40-. The number of hydrogen-bond acceptors (Lipinski definition) is 8. The molecule has 2 atom stereocenters. The van der Waals surface area contributed by atoms with E-state index in [9.17, 15) is 19.0 Å². The third-order valence-electron chi connectivity index (χ3n) is 14.4. The molecule has 0 spiro atoms. The molecule has 0 heterocycles. The number of carbonyl (C=O) groups excluding carboxylic acids is 2. The fourth-order valence-electron chi connectivity index (χ4n) is 9.26. The van der Waals surface area contributed by atoms with Crippen LogP contribution in [0.2, 0.25) is 0 Å². The predicted octanol–water partition coefficient (Wildman–Crippen LogP) is 20.9. The topological polar surface area (TPSA) is 111 Å². The highest BCUT2D eigenvalue weighted by Gasteiger charge is 2.22. The number of likely N-dealkylation sites (N-methyl/N-ethyl adjacent to an activating group) is 1. The summed E-state index contributed by atoms with van der Waals surface area (Å²) >= 11 is 0. The van der Waals surface area contributed by atoms with Crippen LogP contribution in [0.5, 0.6) is 0 Å². The van der Waals surface area contributed by atoms with Gasteiger partial charge in [-0.2, -0.15) is 0 Å². The second kappa shape index (κ2) is 61.5. The van der Waals surface area contributed by atoms with Gasteiger partial charge in [-0.15, -0.1) is 0 Å². The summed E-state index contributed by atoms with van der Waals surface area (Å²) in [6, 6.07) is 0. The molecular weight excluding hydrogens is 1030 g/mol. The van der Waals surface area contributed by atoms with Gasteiger partial charge in [-0.1, -0.05) is 297 Å². The summed E-state index contributed by atoms with van der Waals surface area (Å²) < 4.78 is 34.3. The molecule has 0 aromatic carbocycles. The molecular formula is C71H126NO8P. The molecule has 81 heavy (non-hydrogen) atoms. The van der Waals surface area contributed by atoms with E-state index in [4.69, 9.17) is 18.5 Å². The quantitative estimate of drug-likeness (QED) is 0.0195. The van der Waals surface area contributed by atoms with Gasteiger partial charge in [-0.25, -0.2) is 0 Å². The maximum Gasteiger partial charge on any atom is 0.306 e. The molecule has 0 saturated heterocycles. The zero-order valence-electron chi connectivity index (χ0n) is 53.2. The van der Waals surface area contributed by atoms with E-state index < -0.39 is 26.5 Å². The van der Waals surface area contributed by atoms with Crippen molar-refractivity contribution in [1.82, 2.24) is 0 Å². The number of ether oxygens (including phenoxy) is 2. The van der Waals surface area contributed by atoms with Gasteiger partial charge in [0, 0.05) is 12.8 Å². The minimum atomic E-state index is -4.64. The van der Waals surface area contributed by atoms with Crippen LogP contribution in [0, 0.1) is 0 Å². The number of unbranched alkanes of at least 4 members (excludes halogenated alkanes) is 31. The van der Waals surface area contributed by atoms with E-state index in [1.165, 1.54) is 161 Å². The van der Waals surface area contributed by atoms with E-state index in [2.05, 4.69) is 111 Å². The van der Waals surface area contributed by atoms with Crippen molar-refractivity contribution in [3.63, 3.8) is 0 Å². The Morgan fingerprint density at radius 3 is 1.05 bits per heavy atom. The molecule has 468 valence electrons. The molecule has 0 bridgehead atoms. The Hall–Kier alpha value is -3.07. The van der Waals surface area contributed by atoms with E-state index in [0.29, 0.717) is 17.4 Å². The van der Waals surface area contributed by atoms with Crippen molar-refractivity contribution in [3.8, 4) is 0 Å². The van der Waals surface area contributed by atoms with Crippen LogP contribution in [0.25, 0.3) is 0 Å². The van der Waals surface area contributed by atoms with Crippen molar-refractivity contribution in [2.24, 2.45) is 0 Å². The largest absolute Gasteiger partial charge is 0.756 e. The van der Waals surface area contributed by atoms with Gasteiger partial charge in [0.05, 0.1) is 27.7 Å². The zero-order valence-corrected chi connectivity index (χ0v) is 54.1. The predicted molar refractivity (Wildman–Crippen MR) is 346 cm³/mol. The second-order valence-corrected chi connectivity index (χ2v) is 24.9. The van der Waals surface area contributed by atoms with Gasteiger partial charge in [0.15, 0.2) is 6.10 Å². The highest BCUT2D eigenvalue weighted by Crippen LogP contribution is 2.38. The molecule has 0 aliphatic rings. The Morgan fingerprint density at radius 1 is 0.395 bits per heavy atom. The molecule has 9 nitrogen and oxygen atoms in total. The van der Waals surface area contributed by atoms with Crippen LogP contribution in [0.15, 0.2) is 97.2 Å². The Bertz CT molecular complexity index is 1690. The maximum atomic E-state index is 12.8. The molecule has 0 aromatic heterocycles. The third kappa shape index (κ3) is 65.9. The highest BCUT2D eigenvalue weighted by atomic mass is 31.2. The van der Waals surface area contributed by atoms with Gasteiger partial charge < -0.3 is 27.9 Å². The molecule has 0 N–H and O–H groups in total. The van der Waals surface area contributed by atoms with Crippen molar-refractivity contribution in [3.05, 3.63) is 97.2 Å². The molecule has 2 unspecified atom stereocenters. The van der Waals surface area contributed by atoms with Crippen molar-refractivity contribution < 1.29 is 42.1 Å². The molecule has 0 aliphatic heterocycles. The van der Waals surface area contributed by atoms with Crippen molar-refractivity contribution >= 4 is 19.8 Å². The first-order valence-electron chi connectivity index (χ1n) is 33.4. The van der Waals surface area contributed by atoms with Crippen molar-refractivity contribution in [2.45, 2.75) is 296 Å². The lowest BCUT2D eigenvalue weighted by Crippen LogP contribution is -2.37. The first-order chi connectivity index (χ1) is 39.5. The van der Waals surface area contributed by atoms with E-state index >= 15 is 0 Å². The van der Waals surface area contributed by atoms with E-state index in [1.807, 2.05) is 21.1 Å². The lowest BCUT2D eigenvalue weighted by atomic mass is 10.0. The maximum absolute atomic E-state index is 12.8. The summed E-state index contributed by atoms with van der Waals surface area (Å²) in [6.45, 7) is 4.15. The molecule has 0 fully saturated rings. The fraction of sp³-hybridized carbons (Fsp3) is 0.746. The van der Waals surface area contributed by atoms with E-state index in [-0.39, 0.29) is 32.0 Å². The molecule has 0 rings (SSSR count). The molecule has 10 heteroatoms. The van der Waals surface area contributed by atoms with Crippen LogP contribution >= 0.6 is 7.82 Å². The van der Waals surface area contributed by atoms with Crippen LogP contribution in [-0.4, -0.2) is 70.0 Å². The second-order valence-electron chi connectivity index (χ2n) is 23.5. The number of allylic oxidation sites excluding steroid dienone is 16. The van der Waals surface area contributed by atoms with Crippen molar-refractivity contribution in [1.29, 1.82) is 0 Å². The summed E-state index contributed by atoms with van der Waals surface area (Å²) in [5.74, 6) is -0.831. The minimum absolute atomic E-state index is 0.0339. The third-order valence-corrected chi connectivity index (χ3v) is 15.3. The average Bonchev–Trinajstić information content (AvgIpc) is 3.43. The first-order valence-corrected chi connectivity index (χ1v) is 34.9. The number of nitrogens with zero attached hydrogens (tertiary/aromatic N) is 1. The van der Waals surface area contributed by atoms with Crippen LogP contribution in [0.1, 0.15) is 290 Å². The lowest BCUT2D eigenvalue weighted by Gasteiger charge is -2.28. The summed E-state index contributed by atoms with van der Waals surface area (Å²) in [6.07, 6.45) is 84.7. The van der Waals surface area contributed by atoms with Gasteiger partial charge in [0.2, 0.25) is 0 Å². The Morgan fingerprint density at radius 2 is 0.704 bits per heavy atom. The van der Waals surface area contributed by atoms with Gasteiger partial charge in [0.25, 0.3) is 7.82 Å². The Kier molecular flexibility index (Phi) is 59.2. The number of phosphoric ester groups is 1. The lowest BCUT2D eigenvalue weighted by molar-refractivity contribution is -0.870. The fourth-order valence-corrected chi connectivity index (χ4v) is 9.99. The summed E-state index contributed by atoms with van der Waals surface area (Å²) in [5, 5.41) is 0.